The molecule has 1 aromatic rings. The van der Waals surface area contributed by atoms with E-state index in [1.807, 2.05) is 12.1 Å². The molecule has 1 saturated carbocycles. The lowest BCUT2D eigenvalue weighted by molar-refractivity contribution is -0.129. The van der Waals surface area contributed by atoms with Crippen molar-refractivity contribution in [1.82, 2.24) is 0 Å². The van der Waals surface area contributed by atoms with Gasteiger partial charge in [-0.3, -0.25) is 0 Å². The topological polar surface area (TPSA) is 38.7 Å². The third-order valence-electron chi connectivity index (χ3n) is 4.33. The van der Waals surface area contributed by atoms with Crippen molar-refractivity contribution in [2.45, 2.75) is 56.7 Å². The van der Waals surface area contributed by atoms with Gasteiger partial charge in [0.2, 0.25) is 0 Å². The molecule has 1 aromatic carbocycles. The van der Waals surface area contributed by atoms with Crippen molar-refractivity contribution in [3.8, 4) is 11.5 Å². The number of ether oxygens (including phenoxy) is 2. The summed E-state index contributed by atoms with van der Waals surface area (Å²) in [6.45, 7) is 0.795. The minimum absolute atomic E-state index is 0.0675. The van der Waals surface area contributed by atoms with Gasteiger partial charge in [0.25, 0.3) is 0 Å². The van der Waals surface area contributed by atoms with Crippen LogP contribution in [0.4, 0.5) is 0 Å². The predicted molar refractivity (Wildman–Crippen MR) is 73.5 cm³/mol. The lowest BCUT2D eigenvalue weighted by Crippen LogP contribution is -2.45. The minimum Gasteiger partial charge on any atom is -0.508 e. The molecule has 19 heavy (non-hydrogen) atoms. The Balaban J connectivity index is 1.65. The third kappa shape index (κ3) is 3.03. The minimum atomic E-state index is 0.0675. The maximum Gasteiger partial charge on any atom is 0.123 e. The van der Waals surface area contributed by atoms with Crippen LogP contribution in [0.2, 0.25) is 0 Å². The van der Waals surface area contributed by atoms with Crippen LogP contribution in [0.15, 0.2) is 24.3 Å². The van der Waals surface area contributed by atoms with Crippen molar-refractivity contribution < 1.29 is 14.6 Å². The summed E-state index contributed by atoms with van der Waals surface area (Å²) in [5.41, 5.74) is 0.0675. The number of rotatable bonds is 2. The zero-order chi connectivity index (χ0) is 13.1. The van der Waals surface area contributed by atoms with Crippen molar-refractivity contribution in [3.05, 3.63) is 24.3 Å². The smallest absolute Gasteiger partial charge is 0.123 e. The maximum atomic E-state index is 9.48. The number of hydrogen-bond donors (Lipinski definition) is 1. The van der Waals surface area contributed by atoms with Crippen LogP contribution in [-0.4, -0.2) is 23.4 Å². The summed E-state index contributed by atoms with van der Waals surface area (Å²) in [5, 5.41) is 9.48. The molecule has 1 heterocycles. The second-order valence-corrected chi connectivity index (χ2v) is 5.82. The summed E-state index contributed by atoms with van der Waals surface area (Å²) in [5.74, 6) is 1.02. The SMILES string of the molecule is Oc1cccc(OC2CCOC3(CCCCC3)C2)c1. The molecule has 1 aliphatic carbocycles. The second kappa shape index (κ2) is 5.41. The van der Waals surface area contributed by atoms with Gasteiger partial charge in [0.1, 0.15) is 17.6 Å². The van der Waals surface area contributed by atoms with E-state index in [-0.39, 0.29) is 17.5 Å². The highest BCUT2D eigenvalue weighted by Crippen LogP contribution is 2.39. The Hall–Kier alpha value is -1.22. The van der Waals surface area contributed by atoms with Crippen LogP contribution in [0.3, 0.4) is 0 Å². The first-order valence-electron chi connectivity index (χ1n) is 7.35. The fourth-order valence-corrected chi connectivity index (χ4v) is 3.38. The van der Waals surface area contributed by atoms with Crippen LogP contribution in [-0.2, 0) is 4.74 Å². The zero-order valence-electron chi connectivity index (χ0n) is 11.3. The molecule has 1 aliphatic heterocycles. The Morgan fingerprint density at radius 1 is 1.21 bits per heavy atom. The molecule has 0 radical (unpaired) electrons. The second-order valence-electron chi connectivity index (χ2n) is 5.82. The van der Waals surface area contributed by atoms with Crippen molar-refractivity contribution in [2.24, 2.45) is 0 Å². The molecule has 3 heteroatoms. The first-order valence-corrected chi connectivity index (χ1v) is 7.35. The van der Waals surface area contributed by atoms with E-state index >= 15 is 0 Å². The molecule has 2 aliphatic rings. The summed E-state index contributed by atoms with van der Waals surface area (Å²) in [6, 6.07) is 7.07. The lowest BCUT2D eigenvalue weighted by atomic mass is 9.79. The number of aromatic hydroxyl groups is 1. The summed E-state index contributed by atoms with van der Waals surface area (Å²) >= 11 is 0. The van der Waals surface area contributed by atoms with Crippen molar-refractivity contribution >= 4 is 0 Å². The largest absolute Gasteiger partial charge is 0.508 e. The molecule has 3 nitrogen and oxygen atoms in total. The quantitative estimate of drug-likeness (QED) is 0.884. The van der Waals surface area contributed by atoms with Gasteiger partial charge >= 0.3 is 0 Å². The fourth-order valence-electron chi connectivity index (χ4n) is 3.38. The Morgan fingerprint density at radius 3 is 2.84 bits per heavy atom. The molecule has 1 saturated heterocycles. The van der Waals surface area contributed by atoms with Gasteiger partial charge in [-0.25, -0.2) is 0 Å². The highest BCUT2D eigenvalue weighted by atomic mass is 16.5. The van der Waals surface area contributed by atoms with Crippen molar-refractivity contribution in [2.75, 3.05) is 6.61 Å². The van der Waals surface area contributed by atoms with Crippen LogP contribution < -0.4 is 4.74 Å². The zero-order valence-corrected chi connectivity index (χ0v) is 11.3. The molecule has 1 unspecified atom stereocenters. The molecule has 1 N–H and O–H groups in total. The normalized spacial score (nSPS) is 26.2. The highest BCUT2D eigenvalue weighted by Gasteiger charge is 2.39. The van der Waals surface area contributed by atoms with E-state index in [4.69, 9.17) is 9.47 Å². The Bertz CT molecular complexity index is 418. The van der Waals surface area contributed by atoms with Gasteiger partial charge in [-0.05, 0) is 25.0 Å². The Labute approximate surface area is 114 Å². The summed E-state index contributed by atoms with van der Waals surface area (Å²) in [7, 11) is 0. The molecular formula is C16H22O3. The molecule has 0 bridgehead atoms. The van der Waals surface area contributed by atoms with Crippen molar-refractivity contribution in [1.29, 1.82) is 0 Å². The third-order valence-corrected chi connectivity index (χ3v) is 4.33. The van der Waals surface area contributed by atoms with Crippen LogP contribution in [0, 0.1) is 0 Å². The van der Waals surface area contributed by atoms with E-state index in [9.17, 15) is 5.11 Å². The van der Waals surface area contributed by atoms with Gasteiger partial charge in [0.05, 0.1) is 12.2 Å². The molecule has 1 atom stereocenters. The van der Waals surface area contributed by atoms with Gasteiger partial charge in [-0.2, -0.15) is 0 Å². The molecule has 1 spiro atoms. The summed E-state index contributed by atoms with van der Waals surface area (Å²) in [6.07, 6.45) is 8.38. The molecule has 0 aromatic heterocycles. The van der Waals surface area contributed by atoms with Crippen LogP contribution in [0.1, 0.15) is 44.9 Å². The fraction of sp³-hybridized carbons (Fsp3) is 0.625. The van der Waals surface area contributed by atoms with E-state index in [2.05, 4.69) is 0 Å². The molecule has 0 amide bonds. The first kappa shape index (κ1) is 12.8. The molecule has 3 rings (SSSR count). The van der Waals surface area contributed by atoms with Gasteiger partial charge in [0.15, 0.2) is 0 Å². The van der Waals surface area contributed by atoms with E-state index < -0.39 is 0 Å². The number of phenolic OH excluding ortho intramolecular Hbond substituents is 1. The van der Waals surface area contributed by atoms with E-state index in [1.54, 1.807) is 12.1 Å². The first-order chi connectivity index (χ1) is 9.26. The van der Waals surface area contributed by atoms with Crippen LogP contribution >= 0.6 is 0 Å². The number of hydrogen-bond acceptors (Lipinski definition) is 3. The predicted octanol–water partition coefficient (Wildman–Crippen LogP) is 3.65. The van der Waals surface area contributed by atoms with E-state index in [1.165, 1.54) is 32.1 Å². The number of benzene rings is 1. The Kier molecular flexibility index (Phi) is 3.65. The van der Waals surface area contributed by atoms with Gasteiger partial charge < -0.3 is 14.6 Å². The maximum absolute atomic E-state index is 9.48. The van der Waals surface area contributed by atoms with Crippen molar-refractivity contribution in [3.63, 3.8) is 0 Å². The number of phenols is 1. The van der Waals surface area contributed by atoms with Gasteiger partial charge in [-0.1, -0.05) is 25.3 Å². The van der Waals surface area contributed by atoms with Gasteiger partial charge in [0, 0.05) is 18.9 Å². The standard InChI is InChI=1S/C16H22O3/c17-13-5-4-6-14(11-13)19-15-7-10-18-16(12-15)8-2-1-3-9-16/h4-6,11,15,17H,1-3,7-10,12H2. The summed E-state index contributed by atoms with van der Waals surface area (Å²) < 4.78 is 12.1. The lowest BCUT2D eigenvalue weighted by Gasteiger charge is -2.43. The molecule has 2 fully saturated rings. The van der Waals surface area contributed by atoms with E-state index in [0.29, 0.717) is 0 Å². The van der Waals surface area contributed by atoms with E-state index in [0.717, 1.165) is 25.2 Å². The summed E-state index contributed by atoms with van der Waals surface area (Å²) in [4.78, 5) is 0. The van der Waals surface area contributed by atoms with Crippen LogP contribution in [0.25, 0.3) is 0 Å². The van der Waals surface area contributed by atoms with Gasteiger partial charge in [-0.15, -0.1) is 0 Å². The highest BCUT2D eigenvalue weighted by molar-refractivity contribution is 5.31. The Morgan fingerprint density at radius 2 is 2.05 bits per heavy atom. The van der Waals surface area contributed by atoms with Crippen LogP contribution in [0.5, 0.6) is 11.5 Å². The molecular weight excluding hydrogens is 240 g/mol. The average Bonchev–Trinajstić information content (AvgIpc) is 2.40. The monoisotopic (exact) mass is 262 g/mol. The molecule has 104 valence electrons. The average molecular weight is 262 g/mol.